The molecule has 2 rings (SSSR count). The molecule has 1 aliphatic rings. The Hall–Kier alpha value is -2.42. The van der Waals surface area contributed by atoms with E-state index in [4.69, 9.17) is 5.73 Å². The second kappa shape index (κ2) is 7.22. The van der Waals surface area contributed by atoms with Crippen LogP contribution in [0.1, 0.15) is 18.1 Å². The van der Waals surface area contributed by atoms with E-state index >= 15 is 0 Å². The SMILES string of the molecule is C[C@@H](CN)C(=O)N1Cc2ccccc2C[C@H]1C(=O)OC(=O)C(F)(F)F. The number of halogens is 3. The lowest BCUT2D eigenvalue weighted by Gasteiger charge is -2.36. The summed E-state index contributed by atoms with van der Waals surface area (Å²) in [6.45, 7) is 1.59. The first-order valence-electron chi connectivity index (χ1n) is 7.55. The van der Waals surface area contributed by atoms with Gasteiger partial charge in [0.25, 0.3) is 0 Å². The number of fused-ring (bicyclic) bond motifs is 1. The molecule has 1 aromatic rings. The minimum Gasteiger partial charge on any atom is -0.385 e. The Morgan fingerprint density at radius 2 is 1.88 bits per heavy atom. The summed E-state index contributed by atoms with van der Waals surface area (Å²) >= 11 is 0. The van der Waals surface area contributed by atoms with E-state index in [1.807, 2.05) is 0 Å². The number of ether oxygens (including phenoxy) is 1. The molecule has 1 heterocycles. The van der Waals surface area contributed by atoms with E-state index in [-0.39, 0.29) is 19.5 Å². The van der Waals surface area contributed by atoms with Gasteiger partial charge in [-0.15, -0.1) is 0 Å². The number of alkyl halides is 3. The van der Waals surface area contributed by atoms with Crippen molar-refractivity contribution in [2.45, 2.75) is 32.1 Å². The number of benzene rings is 1. The molecular weight excluding hydrogens is 341 g/mol. The van der Waals surface area contributed by atoms with Crippen LogP contribution >= 0.6 is 0 Å². The number of nitrogens with zero attached hydrogens (tertiary/aromatic N) is 1. The van der Waals surface area contributed by atoms with Crippen LogP contribution in [0.15, 0.2) is 24.3 Å². The highest BCUT2D eigenvalue weighted by Crippen LogP contribution is 2.26. The molecule has 6 nitrogen and oxygen atoms in total. The standard InChI is InChI=1S/C16H17F3N2O4/c1-9(7-20)13(22)21-8-11-5-3-2-4-10(11)6-12(21)14(23)25-15(24)16(17,18)19/h2-5,9,12H,6-8,20H2,1H3/t9-,12-/m0/s1. The van der Waals surface area contributed by atoms with Crippen molar-refractivity contribution in [3.05, 3.63) is 35.4 Å². The number of hydrogen-bond acceptors (Lipinski definition) is 5. The number of nitrogens with two attached hydrogens (primary N) is 1. The Kier molecular flexibility index (Phi) is 5.46. The minimum atomic E-state index is -5.29. The fourth-order valence-electron chi connectivity index (χ4n) is 2.57. The van der Waals surface area contributed by atoms with Crippen LogP contribution < -0.4 is 5.73 Å². The summed E-state index contributed by atoms with van der Waals surface area (Å²) in [5.41, 5.74) is 6.94. The second-order valence-corrected chi connectivity index (χ2v) is 5.80. The molecule has 0 radical (unpaired) electrons. The van der Waals surface area contributed by atoms with Gasteiger partial charge in [0.1, 0.15) is 6.04 Å². The third-order valence-electron chi connectivity index (χ3n) is 4.00. The topological polar surface area (TPSA) is 89.7 Å². The smallest absolute Gasteiger partial charge is 0.385 e. The van der Waals surface area contributed by atoms with Gasteiger partial charge in [0.05, 0.1) is 0 Å². The van der Waals surface area contributed by atoms with Gasteiger partial charge < -0.3 is 15.4 Å². The second-order valence-electron chi connectivity index (χ2n) is 5.80. The molecule has 0 saturated heterocycles. The Morgan fingerprint density at radius 1 is 1.28 bits per heavy atom. The Bertz CT molecular complexity index is 690. The average molecular weight is 358 g/mol. The number of carbonyl (C=O) groups is 3. The summed E-state index contributed by atoms with van der Waals surface area (Å²) in [4.78, 5) is 36.6. The molecule has 9 heteroatoms. The summed E-state index contributed by atoms with van der Waals surface area (Å²) in [5, 5.41) is 0. The zero-order valence-electron chi connectivity index (χ0n) is 13.4. The van der Waals surface area contributed by atoms with Gasteiger partial charge in [0.2, 0.25) is 5.91 Å². The highest BCUT2D eigenvalue weighted by Gasteiger charge is 2.45. The van der Waals surface area contributed by atoms with Crippen LogP contribution in [0.5, 0.6) is 0 Å². The zero-order chi connectivity index (χ0) is 18.8. The van der Waals surface area contributed by atoms with E-state index in [9.17, 15) is 27.6 Å². The van der Waals surface area contributed by atoms with Crippen molar-refractivity contribution in [3.63, 3.8) is 0 Å². The third-order valence-corrected chi connectivity index (χ3v) is 4.00. The first-order chi connectivity index (χ1) is 11.6. The fraction of sp³-hybridized carbons (Fsp3) is 0.438. The highest BCUT2D eigenvalue weighted by atomic mass is 19.4. The largest absolute Gasteiger partial charge is 0.491 e. The van der Waals surface area contributed by atoms with E-state index in [0.717, 1.165) is 10.5 Å². The molecule has 0 unspecified atom stereocenters. The molecule has 136 valence electrons. The molecule has 0 saturated carbocycles. The molecule has 0 aromatic heterocycles. The molecule has 0 fully saturated rings. The monoisotopic (exact) mass is 358 g/mol. The van der Waals surface area contributed by atoms with E-state index < -0.39 is 36.0 Å². The first kappa shape index (κ1) is 18.9. The summed E-state index contributed by atoms with van der Waals surface area (Å²) < 4.78 is 40.9. The highest BCUT2D eigenvalue weighted by molar-refractivity contribution is 5.93. The van der Waals surface area contributed by atoms with Crippen LogP contribution in [0.4, 0.5) is 13.2 Å². The van der Waals surface area contributed by atoms with E-state index in [1.54, 1.807) is 31.2 Å². The molecule has 0 aliphatic carbocycles. The Balaban J connectivity index is 2.29. The maximum absolute atomic E-state index is 12.5. The van der Waals surface area contributed by atoms with Gasteiger partial charge in [-0.2, -0.15) is 13.2 Å². The fourth-order valence-corrected chi connectivity index (χ4v) is 2.57. The van der Waals surface area contributed by atoms with Gasteiger partial charge in [-0.25, -0.2) is 9.59 Å². The molecule has 1 amide bonds. The van der Waals surface area contributed by atoms with Crippen molar-refractivity contribution in [1.82, 2.24) is 4.90 Å². The molecule has 0 bridgehead atoms. The third kappa shape index (κ3) is 4.16. The van der Waals surface area contributed by atoms with Crippen LogP contribution in [-0.2, 0) is 32.1 Å². The molecule has 0 spiro atoms. The molecular formula is C16H17F3N2O4. The number of amides is 1. The molecule has 1 aromatic carbocycles. The van der Waals surface area contributed by atoms with Gasteiger partial charge in [-0.05, 0) is 11.1 Å². The first-order valence-corrected chi connectivity index (χ1v) is 7.55. The van der Waals surface area contributed by atoms with Gasteiger partial charge >= 0.3 is 18.1 Å². The van der Waals surface area contributed by atoms with Gasteiger partial charge in [-0.3, -0.25) is 4.79 Å². The predicted molar refractivity (Wildman–Crippen MR) is 79.9 cm³/mol. The predicted octanol–water partition coefficient (Wildman–Crippen LogP) is 1.17. The zero-order valence-corrected chi connectivity index (χ0v) is 13.4. The number of hydrogen-bond donors (Lipinski definition) is 1. The van der Waals surface area contributed by atoms with Crippen molar-refractivity contribution in [3.8, 4) is 0 Å². The quantitative estimate of drug-likeness (QED) is 0.647. The summed E-state index contributed by atoms with van der Waals surface area (Å²) in [7, 11) is 0. The lowest BCUT2D eigenvalue weighted by Crippen LogP contribution is -2.52. The number of rotatable bonds is 3. The summed E-state index contributed by atoms with van der Waals surface area (Å²) in [6, 6.07) is 5.60. The molecule has 1 aliphatic heterocycles. The van der Waals surface area contributed by atoms with Crippen LogP contribution in [0, 0.1) is 5.92 Å². The van der Waals surface area contributed by atoms with E-state index in [2.05, 4.69) is 4.74 Å². The number of esters is 2. The van der Waals surface area contributed by atoms with Crippen molar-refractivity contribution < 1.29 is 32.3 Å². The maximum Gasteiger partial charge on any atom is 0.491 e. The summed E-state index contributed by atoms with van der Waals surface area (Å²) in [6.07, 6.45) is -5.33. The van der Waals surface area contributed by atoms with E-state index in [1.165, 1.54) is 0 Å². The normalized spacial score (nSPS) is 18.3. The number of carbonyl (C=O) groups excluding carboxylic acids is 3. The lowest BCUT2D eigenvalue weighted by atomic mass is 9.92. The van der Waals surface area contributed by atoms with Crippen molar-refractivity contribution in [2.24, 2.45) is 11.7 Å². The lowest BCUT2D eigenvalue weighted by molar-refractivity contribution is -0.203. The van der Waals surface area contributed by atoms with Crippen LogP contribution in [0.25, 0.3) is 0 Å². The van der Waals surface area contributed by atoms with Gasteiger partial charge in [0.15, 0.2) is 0 Å². The Morgan fingerprint density at radius 3 is 2.44 bits per heavy atom. The maximum atomic E-state index is 12.5. The molecule has 2 atom stereocenters. The molecule has 2 N–H and O–H groups in total. The minimum absolute atomic E-state index is 0.0141. The van der Waals surface area contributed by atoms with Crippen molar-refractivity contribution in [1.29, 1.82) is 0 Å². The Labute approximate surface area is 141 Å². The van der Waals surface area contributed by atoms with Crippen LogP contribution in [0.3, 0.4) is 0 Å². The van der Waals surface area contributed by atoms with E-state index in [0.29, 0.717) is 5.56 Å². The van der Waals surface area contributed by atoms with Crippen LogP contribution in [-0.4, -0.2) is 41.5 Å². The van der Waals surface area contributed by atoms with Crippen molar-refractivity contribution in [2.75, 3.05) is 6.54 Å². The summed E-state index contributed by atoms with van der Waals surface area (Å²) in [5.74, 6) is -5.12. The van der Waals surface area contributed by atoms with Crippen molar-refractivity contribution >= 4 is 17.8 Å². The van der Waals surface area contributed by atoms with Gasteiger partial charge in [0, 0.05) is 25.4 Å². The van der Waals surface area contributed by atoms with Gasteiger partial charge in [-0.1, -0.05) is 31.2 Å². The molecule has 25 heavy (non-hydrogen) atoms. The average Bonchev–Trinajstić information content (AvgIpc) is 2.58. The van der Waals surface area contributed by atoms with Crippen LogP contribution in [0.2, 0.25) is 0 Å².